The molecule has 0 spiro atoms. The maximum Gasteiger partial charge on any atom is 0.345 e. The third-order valence-electron chi connectivity index (χ3n) is 3.53. The minimum atomic E-state index is -0.489. The molecule has 2 bridgehead atoms. The molecule has 2 fully saturated rings. The molecule has 0 saturated carbocycles. The van der Waals surface area contributed by atoms with Crippen molar-refractivity contribution < 1.29 is 14.4 Å². The quantitative estimate of drug-likeness (QED) is 0.246. The van der Waals surface area contributed by atoms with Crippen molar-refractivity contribution >= 4 is 11.9 Å². The molecule has 2 rings (SSSR count). The van der Waals surface area contributed by atoms with E-state index in [0.717, 1.165) is 0 Å². The number of carbonyl (C=O) groups excluding carboxylic acids is 2. The van der Waals surface area contributed by atoms with Crippen LogP contribution in [0.3, 0.4) is 0 Å². The third-order valence-corrected chi connectivity index (χ3v) is 3.53. The molecule has 0 aromatic heterocycles. The average Bonchev–Trinajstić information content (AvgIpc) is 2.73. The zero-order chi connectivity index (χ0) is 15.2. The van der Waals surface area contributed by atoms with Crippen molar-refractivity contribution in [2.75, 3.05) is 26.2 Å². The first kappa shape index (κ1) is 15.1. The predicted octanol–water partition coefficient (Wildman–Crippen LogP) is 0.799. The van der Waals surface area contributed by atoms with Gasteiger partial charge in [0.15, 0.2) is 0 Å². The Morgan fingerprint density at radius 2 is 2.43 bits per heavy atom. The van der Waals surface area contributed by atoms with Gasteiger partial charge >= 0.3 is 6.03 Å². The first-order valence-corrected chi connectivity index (χ1v) is 6.81. The molecule has 2 heterocycles. The fraction of sp³-hybridized carbons (Fsp3) is 0.667. The molecule has 114 valence electrons. The number of hydrogen-bond donors (Lipinski definition) is 1. The smallest absolute Gasteiger partial charge is 0.345 e. The molecular weight excluding hydrogens is 276 g/mol. The largest absolute Gasteiger partial charge is 0.354 e. The number of carbonyl (C=O) groups is 2. The molecule has 0 radical (unpaired) electrons. The van der Waals surface area contributed by atoms with Gasteiger partial charge in [-0.2, -0.15) is 5.06 Å². The highest BCUT2D eigenvalue weighted by atomic mass is 16.7. The summed E-state index contributed by atoms with van der Waals surface area (Å²) in [5.74, 6) is -0.222. The van der Waals surface area contributed by atoms with E-state index in [0.29, 0.717) is 19.4 Å². The van der Waals surface area contributed by atoms with Crippen LogP contribution in [0.15, 0.2) is 17.8 Å². The topological polar surface area (TPSA) is 111 Å². The fourth-order valence-corrected chi connectivity index (χ4v) is 2.60. The Kier molecular flexibility index (Phi) is 5.02. The number of amides is 3. The van der Waals surface area contributed by atoms with Gasteiger partial charge in [-0.05, 0) is 18.4 Å². The Morgan fingerprint density at radius 3 is 3.14 bits per heavy atom. The van der Waals surface area contributed by atoms with Gasteiger partial charge in [-0.15, -0.1) is 6.58 Å². The van der Waals surface area contributed by atoms with Gasteiger partial charge in [-0.1, -0.05) is 11.2 Å². The summed E-state index contributed by atoms with van der Waals surface area (Å²) < 4.78 is 0. The lowest BCUT2D eigenvalue weighted by Gasteiger charge is -2.29. The molecule has 1 N–H and O–H groups in total. The van der Waals surface area contributed by atoms with Gasteiger partial charge in [0.1, 0.15) is 6.04 Å². The second kappa shape index (κ2) is 6.96. The molecule has 1 unspecified atom stereocenters. The fourth-order valence-electron chi connectivity index (χ4n) is 2.60. The number of urea groups is 1. The maximum absolute atomic E-state index is 12.2. The van der Waals surface area contributed by atoms with Crippen molar-refractivity contribution in [1.82, 2.24) is 15.3 Å². The van der Waals surface area contributed by atoms with Crippen molar-refractivity contribution in [2.24, 2.45) is 5.11 Å². The molecule has 0 aromatic rings. The number of nitrogens with one attached hydrogen (secondary N) is 1. The van der Waals surface area contributed by atoms with Crippen LogP contribution in [0.25, 0.3) is 10.4 Å². The number of hydroxylamine groups is 2. The van der Waals surface area contributed by atoms with E-state index in [1.54, 1.807) is 6.08 Å². The first-order chi connectivity index (χ1) is 10.2. The molecule has 0 aromatic carbocycles. The third kappa shape index (κ3) is 3.26. The Bertz CT molecular complexity index is 476. The summed E-state index contributed by atoms with van der Waals surface area (Å²) in [5, 5.41) is 7.36. The normalized spacial score (nSPS) is 23.7. The summed E-state index contributed by atoms with van der Waals surface area (Å²) in [6.45, 7) is 4.76. The summed E-state index contributed by atoms with van der Waals surface area (Å²) in [4.78, 5) is 33.8. The van der Waals surface area contributed by atoms with Gasteiger partial charge in [0.25, 0.3) is 0 Å². The van der Waals surface area contributed by atoms with Crippen LogP contribution in [-0.2, 0) is 9.63 Å². The molecule has 9 heteroatoms. The van der Waals surface area contributed by atoms with Crippen molar-refractivity contribution in [3.63, 3.8) is 0 Å². The van der Waals surface area contributed by atoms with Crippen molar-refractivity contribution in [2.45, 2.75) is 24.9 Å². The summed E-state index contributed by atoms with van der Waals surface area (Å²) in [5.41, 5.74) is 8.17. The molecular formula is C12H18N6O3. The van der Waals surface area contributed by atoms with Crippen LogP contribution in [0.4, 0.5) is 4.79 Å². The number of nitrogens with zero attached hydrogens (tertiary/aromatic N) is 5. The highest BCUT2D eigenvalue weighted by molar-refractivity contribution is 5.88. The predicted molar refractivity (Wildman–Crippen MR) is 73.9 cm³/mol. The van der Waals surface area contributed by atoms with E-state index in [1.807, 2.05) is 0 Å². The van der Waals surface area contributed by atoms with E-state index in [4.69, 9.17) is 10.4 Å². The minimum absolute atomic E-state index is 0.00955. The minimum Gasteiger partial charge on any atom is -0.354 e. The van der Waals surface area contributed by atoms with Crippen LogP contribution >= 0.6 is 0 Å². The second-order valence-electron chi connectivity index (χ2n) is 4.84. The molecule has 2 aliphatic rings. The zero-order valence-electron chi connectivity index (χ0n) is 11.6. The van der Waals surface area contributed by atoms with E-state index in [-0.39, 0.29) is 37.7 Å². The monoisotopic (exact) mass is 294 g/mol. The van der Waals surface area contributed by atoms with Crippen LogP contribution in [0, 0.1) is 0 Å². The Labute approximate surface area is 122 Å². The Balaban J connectivity index is 1.92. The molecule has 9 nitrogen and oxygen atoms in total. The second-order valence-corrected chi connectivity index (χ2v) is 4.84. The lowest BCUT2D eigenvalue weighted by molar-refractivity contribution is -0.126. The van der Waals surface area contributed by atoms with Crippen LogP contribution in [0.1, 0.15) is 12.8 Å². The first-order valence-electron chi connectivity index (χ1n) is 6.81. The van der Waals surface area contributed by atoms with E-state index in [2.05, 4.69) is 21.9 Å². The van der Waals surface area contributed by atoms with Gasteiger partial charge in [-0.3, -0.25) is 9.63 Å². The van der Waals surface area contributed by atoms with Gasteiger partial charge in [0.05, 0.1) is 12.6 Å². The number of rotatable bonds is 7. The molecule has 2 saturated heterocycles. The molecule has 21 heavy (non-hydrogen) atoms. The standard InChI is InChI=1S/C12H18N6O3/c1-2-7-21-18-9-3-4-10(17(8-9)12(18)20)11(19)14-5-6-15-16-13/h2,9-10H,1,3-8H2,(H,14,19)/t9?,10-/m0/s1. The molecule has 3 amide bonds. The van der Waals surface area contributed by atoms with Crippen LogP contribution in [0.5, 0.6) is 0 Å². The van der Waals surface area contributed by atoms with Crippen molar-refractivity contribution in [3.05, 3.63) is 23.1 Å². The van der Waals surface area contributed by atoms with E-state index >= 15 is 0 Å². The van der Waals surface area contributed by atoms with E-state index in [9.17, 15) is 9.59 Å². The van der Waals surface area contributed by atoms with Crippen LogP contribution < -0.4 is 5.32 Å². The number of azide groups is 1. The van der Waals surface area contributed by atoms with E-state index < -0.39 is 6.04 Å². The number of fused-ring (bicyclic) bond motifs is 2. The van der Waals surface area contributed by atoms with Gasteiger partial charge in [-0.25, -0.2) is 4.79 Å². The average molecular weight is 294 g/mol. The van der Waals surface area contributed by atoms with Crippen molar-refractivity contribution in [1.29, 1.82) is 0 Å². The maximum atomic E-state index is 12.2. The highest BCUT2D eigenvalue weighted by Gasteiger charge is 2.47. The van der Waals surface area contributed by atoms with Gasteiger partial charge < -0.3 is 10.2 Å². The lowest BCUT2D eigenvalue weighted by atomic mass is 10.0. The zero-order valence-corrected chi connectivity index (χ0v) is 11.6. The summed E-state index contributed by atoms with van der Waals surface area (Å²) in [6.07, 6.45) is 2.89. The number of piperidine rings is 1. The van der Waals surface area contributed by atoms with E-state index in [1.165, 1.54) is 9.96 Å². The Morgan fingerprint density at radius 1 is 1.62 bits per heavy atom. The summed E-state index contributed by atoms with van der Waals surface area (Å²) in [6, 6.07) is -0.781. The molecule has 2 atom stereocenters. The Hall–Kier alpha value is -2.25. The SMILES string of the molecule is C=CCON1C(=O)N2CC1CC[C@H]2C(=O)NCCN=[N+]=[N-]. The highest BCUT2D eigenvalue weighted by Crippen LogP contribution is 2.30. The lowest BCUT2D eigenvalue weighted by Crippen LogP contribution is -2.50. The van der Waals surface area contributed by atoms with Gasteiger partial charge in [0, 0.05) is 24.5 Å². The number of hydrogen-bond acceptors (Lipinski definition) is 4. The molecule has 0 aliphatic carbocycles. The summed E-state index contributed by atoms with van der Waals surface area (Å²) >= 11 is 0. The van der Waals surface area contributed by atoms with Crippen molar-refractivity contribution in [3.8, 4) is 0 Å². The van der Waals surface area contributed by atoms with Gasteiger partial charge in [0.2, 0.25) is 5.91 Å². The van der Waals surface area contributed by atoms with Crippen LogP contribution in [0.2, 0.25) is 0 Å². The van der Waals surface area contributed by atoms with Crippen LogP contribution in [-0.4, -0.2) is 60.2 Å². The summed E-state index contributed by atoms with van der Waals surface area (Å²) in [7, 11) is 0. The molecule has 2 aliphatic heterocycles.